The summed E-state index contributed by atoms with van der Waals surface area (Å²) in [6, 6.07) is 19.0. The molecule has 1 unspecified atom stereocenters. The Morgan fingerprint density at radius 2 is 1.86 bits per heavy atom. The number of hydrogen-bond acceptors (Lipinski definition) is 6. The molecule has 0 bridgehead atoms. The highest BCUT2D eigenvalue weighted by molar-refractivity contribution is 6.35. The number of ether oxygens (including phenoxy) is 2. The lowest BCUT2D eigenvalue weighted by Gasteiger charge is -2.33. The SMILES string of the molecule is CCOC(=O)C1=C(CN2CCOCC2)NC(c2ccc3ccccc3c2)=NC1c1ccc(Cl)cc1Cl. The average molecular weight is 524 g/mol. The van der Waals surface area contributed by atoms with E-state index in [1.165, 1.54) is 0 Å². The Kier molecular flexibility index (Phi) is 7.58. The molecule has 2 aliphatic heterocycles. The Hall–Kier alpha value is -2.90. The summed E-state index contributed by atoms with van der Waals surface area (Å²) in [6.07, 6.45) is 0. The van der Waals surface area contributed by atoms with Crippen LogP contribution in [0.15, 0.2) is 76.9 Å². The molecule has 0 aromatic heterocycles. The molecule has 0 spiro atoms. The van der Waals surface area contributed by atoms with Gasteiger partial charge >= 0.3 is 5.97 Å². The van der Waals surface area contributed by atoms with E-state index in [9.17, 15) is 4.79 Å². The fourth-order valence-electron chi connectivity index (χ4n) is 4.58. The molecule has 1 N–H and O–H groups in total. The molecule has 0 radical (unpaired) electrons. The number of hydrogen-bond donors (Lipinski definition) is 1. The van der Waals surface area contributed by atoms with Crippen molar-refractivity contribution in [3.8, 4) is 0 Å². The Balaban J connectivity index is 1.64. The van der Waals surface area contributed by atoms with Gasteiger partial charge in [-0.3, -0.25) is 9.89 Å². The van der Waals surface area contributed by atoms with Crippen molar-refractivity contribution in [2.45, 2.75) is 13.0 Å². The number of amidine groups is 1. The predicted molar refractivity (Wildman–Crippen MR) is 144 cm³/mol. The highest BCUT2D eigenvalue weighted by Crippen LogP contribution is 2.37. The molecule has 0 saturated carbocycles. The summed E-state index contributed by atoms with van der Waals surface area (Å²) in [5.41, 5.74) is 2.83. The number of halogens is 2. The molecule has 1 saturated heterocycles. The van der Waals surface area contributed by atoms with Crippen LogP contribution in [0.25, 0.3) is 10.8 Å². The molecule has 2 aliphatic rings. The first-order valence-corrected chi connectivity index (χ1v) is 12.8. The summed E-state index contributed by atoms with van der Waals surface area (Å²) in [6.45, 7) is 5.44. The lowest BCUT2D eigenvalue weighted by atomic mass is 9.94. The van der Waals surface area contributed by atoms with E-state index in [1.54, 1.807) is 19.1 Å². The van der Waals surface area contributed by atoms with Crippen LogP contribution in [0.2, 0.25) is 10.0 Å². The van der Waals surface area contributed by atoms with Gasteiger partial charge in [-0.2, -0.15) is 0 Å². The highest BCUT2D eigenvalue weighted by atomic mass is 35.5. The van der Waals surface area contributed by atoms with E-state index < -0.39 is 12.0 Å². The molecule has 3 aromatic rings. The van der Waals surface area contributed by atoms with Crippen LogP contribution in [-0.4, -0.2) is 56.2 Å². The van der Waals surface area contributed by atoms with E-state index in [4.69, 9.17) is 37.7 Å². The fourth-order valence-corrected chi connectivity index (χ4v) is 5.10. The monoisotopic (exact) mass is 523 g/mol. The maximum absolute atomic E-state index is 13.3. The van der Waals surface area contributed by atoms with Gasteiger partial charge < -0.3 is 14.8 Å². The topological polar surface area (TPSA) is 63.2 Å². The van der Waals surface area contributed by atoms with Gasteiger partial charge in [-0.05, 0) is 35.9 Å². The van der Waals surface area contributed by atoms with Crippen LogP contribution in [0, 0.1) is 0 Å². The minimum absolute atomic E-state index is 0.259. The molecule has 0 aliphatic carbocycles. The molecule has 8 heteroatoms. The number of carbonyl (C=O) groups is 1. The van der Waals surface area contributed by atoms with Gasteiger partial charge in [-0.15, -0.1) is 0 Å². The molecule has 1 atom stereocenters. The number of aliphatic imine (C=N–C) groups is 1. The lowest BCUT2D eigenvalue weighted by molar-refractivity contribution is -0.139. The standard InChI is InChI=1S/C28H27Cl2N3O3/c1-2-36-28(34)25-24(17-33-11-13-35-14-12-33)31-27(20-8-7-18-5-3-4-6-19(18)15-20)32-26(25)22-10-9-21(29)16-23(22)30/h3-10,15-16,26H,2,11-14,17H2,1H3,(H,31,32). The smallest absolute Gasteiger partial charge is 0.338 e. The number of nitrogens with zero attached hydrogens (tertiary/aromatic N) is 2. The van der Waals surface area contributed by atoms with Gasteiger partial charge in [-0.1, -0.05) is 65.7 Å². The second kappa shape index (κ2) is 11.0. The number of benzene rings is 3. The van der Waals surface area contributed by atoms with Crippen LogP contribution in [0.5, 0.6) is 0 Å². The summed E-state index contributed by atoms with van der Waals surface area (Å²) in [5.74, 6) is 0.263. The minimum atomic E-state index is -0.646. The first-order chi connectivity index (χ1) is 17.5. The van der Waals surface area contributed by atoms with E-state index in [2.05, 4.69) is 34.5 Å². The van der Waals surface area contributed by atoms with E-state index in [1.807, 2.05) is 24.3 Å². The van der Waals surface area contributed by atoms with Gasteiger partial charge in [0.1, 0.15) is 11.9 Å². The summed E-state index contributed by atoms with van der Waals surface area (Å²) in [5, 5.41) is 6.70. The van der Waals surface area contributed by atoms with Crippen molar-refractivity contribution in [3.63, 3.8) is 0 Å². The first kappa shape index (κ1) is 24.8. The number of esters is 1. The van der Waals surface area contributed by atoms with E-state index in [0.717, 1.165) is 35.1 Å². The lowest BCUT2D eigenvalue weighted by Crippen LogP contribution is -2.43. The highest BCUT2D eigenvalue weighted by Gasteiger charge is 2.34. The predicted octanol–water partition coefficient (Wildman–Crippen LogP) is 5.39. The Morgan fingerprint density at radius 3 is 2.61 bits per heavy atom. The molecular weight excluding hydrogens is 497 g/mol. The van der Waals surface area contributed by atoms with Crippen LogP contribution < -0.4 is 5.32 Å². The first-order valence-electron chi connectivity index (χ1n) is 12.0. The van der Waals surface area contributed by atoms with Gasteiger partial charge in [0.05, 0.1) is 25.4 Å². The zero-order valence-electron chi connectivity index (χ0n) is 20.0. The summed E-state index contributed by atoms with van der Waals surface area (Å²) >= 11 is 12.8. The number of nitrogens with one attached hydrogen (secondary N) is 1. The maximum Gasteiger partial charge on any atom is 0.338 e. The summed E-state index contributed by atoms with van der Waals surface area (Å²) in [7, 11) is 0. The third-order valence-electron chi connectivity index (χ3n) is 6.39. The van der Waals surface area contributed by atoms with Crippen LogP contribution in [0.1, 0.15) is 24.1 Å². The minimum Gasteiger partial charge on any atom is -0.463 e. The number of carbonyl (C=O) groups excluding carboxylic acids is 1. The van der Waals surface area contributed by atoms with Crippen LogP contribution in [0.3, 0.4) is 0 Å². The number of rotatable bonds is 6. The van der Waals surface area contributed by atoms with Crippen molar-refractivity contribution in [2.75, 3.05) is 39.5 Å². The molecule has 0 amide bonds. The Morgan fingerprint density at radius 1 is 1.08 bits per heavy atom. The van der Waals surface area contributed by atoms with E-state index in [-0.39, 0.29) is 6.61 Å². The molecule has 3 aromatic carbocycles. The van der Waals surface area contributed by atoms with Crippen molar-refractivity contribution in [2.24, 2.45) is 4.99 Å². The second-order valence-corrected chi connectivity index (χ2v) is 9.58. The molecular formula is C28H27Cl2N3O3. The van der Waals surface area contributed by atoms with Gasteiger partial charge in [0, 0.05) is 46.5 Å². The van der Waals surface area contributed by atoms with E-state index in [0.29, 0.717) is 46.8 Å². The van der Waals surface area contributed by atoms with Crippen LogP contribution in [0.4, 0.5) is 0 Å². The zero-order chi connectivity index (χ0) is 25.1. The third kappa shape index (κ3) is 5.27. The largest absolute Gasteiger partial charge is 0.463 e. The molecule has 2 heterocycles. The van der Waals surface area contributed by atoms with Crippen molar-refractivity contribution in [3.05, 3.63) is 93.1 Å². The maximum atomic E-state index is 13.3. The van der Waals surface area contributed by atoms with Crippen LogP contribution >= 0.6 is 23.2 Å². The Labute approximate surface area is 220 Å². The number of morpholine rings is 1. The molecule has 5 rings (SSSR count). The quantitative estimate of drug-likeness (QED) is 0.439. The van der Waals surface area contributed by atoms with Gasteiger partial charge in [-0.25, -0.2) is 4.79 Å². The van der Waals surface area contributed by atoms with Crippen molar-refractivity contribution in [1.29, 1.82) is 0 Å². The summed E-state index contributed by atoms with van der Waals surface area (Å²) in [4.78, 5) is 20.6. The molecule has 1 fully saturated rings. The van der Waals surface area contributed by atoms with Gasteiger partial charge in [0.2, 0.25) is 0 Å². The molecule has 6 nitrogen and oxygen atoms in total. The Bertz CT molecular complexity index is 1350. The van der Waals surface area contributed by atoms with Crippen molar-refractivity contribution < 1.29 is 14.3 Å². The zero-order valence-corrected chi connectivity index (χ0v) is 21.5. The average Bonchev–Trinajstić information content (AvgIpc) is 2.89. The molecule has 36 heavy (non-hydrogen) atoms. The van der Waals surface area contributed by atoms with Gasteiger partial charge in [0.25, 0.3) is 0 Å². The second-order valence-electron chi connectivity index (χ2n) is 8.73. The van der Waals surface area contributed by atoms with Crippen molar-refractivity contribution in [1.82, 2.24) is 10.2 Å². The van der Waals surface area contributed by atoms with Crippen molar-refractivity contribution >= 4 is 45.8 Å². The van der Waals surface area contributed by atoms with E-state index >= 15 is 0 Å². The normalized spacial score (nSPS) is 18.6. The van der Waals surface area contributed by atoms with Crippen LogP contribution in [-0.2, 0) is 14.3 Å². The number of fused-ring (bicyclic) bond motifs is 1. The fraction of sp³-hybridized carbons (Fsp3) is 0.286. The molecule has 186 valence electrons. The van der Waals surface area contributed by atoms with Gasteiger partial charge in [0.15, 0.2) is 0 Å². The third-order valence-corrected chi connectivity index (χ3v) is 6.95. The summed E-state index contributed by atoms with van der Waals surface area (Å²) < 4.78 is 11.0.